The predicted octanol–water partition coefficient (Wildman–Crippen LogP) is 0.491. The number of alkyl carbamates (subject to hydrolysis) is 1. The molecule has 0 heterocycles. The van der Waals surface area contributed by atoms with Crippen LogP contribution in [0, 0.1) is 0 Å². The van der Waals surface area contributed by atoms with Crippen LogP contribution < -0.4 is 10.6 Å². The van der Waals surface area contributed by atoms with Crippen LogP contribution in [-0.4, -0.2) is 40.8 Å². The highest BCUT2D eigenvalue weighted by molar-refractivity contribution is 5.91. The third-order valence-corrected chi connectivity index (χ3v) is 1.78. The molecule has 0 aromatic carbocycles. The van der Waals surface area contributed by atoms with Crippen molar-refractivity contribution in [2.45, 2.75) is 45.8 Å². The minimum atomic E-state index is -1.25. The Bertz CT molecular complexity index is 344. The zero-order valence-corrected chi connectivity index (χ0v) is 11.3. The van der Waals surface area contributed by atoms with Crippen LogP contribution in [0.3, 0.4) is 0 Å². The van der Waals surface area contributed by atoms with Gasteiger partial charge in [-0.05, 0) is 34.6 Å². The number of ether oxygens (including phenoxy) is 1. The quantitative estimate of drug-likeness (QED) is 0.682. The molecule has 0 spiro atoms. The van der Waals surface area contributed by atoms with E-state index in [2.05, 4.69) is 10.6 Å². The Balaban J connectivity index is 4.41. The third-order valence-electron chi connectivity index (χ3n) is 1.78. The summed E-state index contributed by atoms with van der Waals surface area (Å²) in [6, 6.07) is 0. The Labute approximate surface area is 106 Å². The summed E-state index contributed by atoms with van der Waals surface area (Å²) in [6.07, 6.45) is -0.738. The van der Waals surface area contributed by atoms with Crippen LogP contribution in [-0.2, 0) is 14.3 Å². The summed E-state index contributed by atoms with van der Waals surface area (Å²) >= 11 is 0. The van der Waals surface area contributed by atoms with Crippen LogP contribution in [0.2, 0.25) is 0 Å². The Hall–Kier alpha value is -1.79. The molecule has 7 nitrogen and oxygen atoms in total. The maximum atomic E-state index is 11.6. The van der Waals surface area contributed by atoms with Crippen molar-refractivity contribution in [3.8, 4) is 0 Å². The molecule has 7 heteroatoms. The fraction of sp³-hybridized carbons (Fsp3) is 0.727. The molecule has 2 amide bonds. The average molecular weight is 260 g/mol. The van der Waals surface area contributed by atoms with Gasteiger partial charge >= 0.3 is 12.1 Å². The lowest BCUT2D eigenvalue weighted by atomic mass is 10.1. The topological polar surface area (TPSA) is 105 Å². The van der Waals surface area contributed by atoms with Crippen LogP contribution in [0.5, 0.6) is 0 Å². The van der Waals surface area contributed by atoms with E-state index >= 15 is 0 Å². The Kier molecular flexibility index (Phi) is 5.13. The maximum Gasteiger partial charge on any atom is 0.408 e. The van der Waals surface area contributed by atoms with Crippen molar-refractivity contribution in [2.75, 3.05) is 6.54 Å². The molecule has 0 fully saturated rings. The van der Waals surface area contributed by atoms with Gasteiger partial charge in [0, 0.05) is 0 Å². The summed E-state index contributed by atoms with van der Waals surface area (Å²) in [7, 11) is 0. The lowest BCUT2D eigenvalue weighted by molar-refractivity contribution is -0.138. The van der Waals surface area contributed by atoms with Gasteiger partial charge in [0.1, 0.15) is 17.7 Å². The van der Waals surface area contributed by atoms with Gasteiger partial charge in [0.25, 0.3) is 0 Å². The first-order chi connectivity index (χ1) is 7.94. The van der Waals surface area contributed by atoms with Crippen molar-refractivity contribution in [1.29, 1.82) is 0 Å². The largest absolute Gasteiger partial charge is 0.480 e. The second kappa shape index (κ2) is 5.70. The standard InChI is InChI=1S/C11H20N2O5/c1-10(2,3)18-9(17)13-11(4,5)8(16)12-6-7(14)15/h6H2,1-5H3,(H,12,16)(H,13,17)(H,14,15). The molecule has 0 aliphatic heterocycles. The molecule has 0 saturated heterocycles. The molecule has 0 aromatic rings. The second-order valence-electron chi connectivity index (χ2n) is 5.33. The average Bonchev–Trinajstić information content (AvgIpc) is 2.09. The summed E-state index contributed by atoms with van der Waals surface area (Å²) in [4.78, 5) is 33.4. The van der Waals surface area contributed by atoms with Gasteiger partial charge in [0.15, 0.2) is 0 Å². The van der Waals surface area contributed by atoms with Crippen LogP contribution in [0.15, 0.2) is 0 Å². The maximum absolute atomic E-state index is 11.6. The van der Waals surface area contributed by atoms with Gasteiger partial charge in [0.05, 0.1) is 0 Å². The number of rotatable bonds is 4. The van der Waals surface area contributed by atoms with E-state index in [1.807, 2.05) is 0 Å². The normalized spacial score (nSPS) is 11.6. The minimum Gasteiger partial charge on any atom is -0.480 e. The van der Waals surface area contributed by atoms with Crippen LogP contribution in [0.4, 0.5) is 4.79 Å². The van der Waals surface area contributed by atoms with Gasteiger partial charge in [-0.3, -0.25) is 9.59 Å². The van der Waals surface area contributed by atoms with Gasteiger partial charge in [-0.1, -0.05) is 0 Å². The van der Waals surface area contributed by atoms with Gasteiger partial charge in [-0.25, -0.2) is 4.79 Å². The number of hydrogen-bond acceptors (Lipinski definition) is 4. The third kappa shape index (κ3) is 6.72. The molecule has 0 radical (unpaired) electrons. The molecule has 0 unspecified atom stereocenters. The summed E-state index contributed by atoms with van der Waals surface area (Å²) in [5, 5.41) is 13.0. The Morgan fingerprint density at radius 1 is 1.11 bits per heavy atom. The number of nitrogens with one attached hydrogen (secondary N) is 2. The van der Waals surface area contributed by atoms with Crippen molar-refractivity contribution in [1.82, 2.24) is 10.6 Å². The zero-order valence-electron chi connectivity index (χ0n) is 11.3. The van der Waals surface area contributed by atoms with Crippen molar-refractivity contribution in [3.63, 3.8) is 0 Å². The number of carbonyl (C=O) groups is 3. The predicted molar refractivity (Wildman–Crippen MR) is 64.1 cm³/mol. The fourth-order valence-electron chi connectivity index (χ4n) is 0.992. The SMILES string of the molecule is CC(C)(C)OC(=O)NC(C)(C)C(=O)NCC(=O)O. The highest BCUT2D eigenvalue weighted by Crippen LogP contribution is 2.09. The molecule has 0 aromatic heterocycles. The summed E-state index contributed by atoms with van der Waals surface area (Å²) in [5.74, 6) is -1.76. The second-order valence-corrected chi connectivity index (χ2v) is 5.33. The van der Waals surface area contributed by atoms with E-state index in [0.29, 0.717) is 0 Å². The molecular weight excluding hydrogens is 240 g/mol. The highest BCUT2D eigenvalue weighted by atomic mass is 16.6. The van der Waals surface area contributed by atoms with Gasteiger partial charge < -0.3 is 20.5 Å². The van der Waals surface area contributed by atoms with Crippen molar-refractivity contribution >= 4 is 18.0 Å². The molecule has 104 valence electrons. The minimum absolute atomic E-state index is 0.502. The Morgan fingerprint density at radius 3 is 2.00 bits per heavy atom. The van der Waals surface area contributed by atoms with E-state index in [1.54, 1.807) is 20.8 Å². The van der Waals surface area contributed by atoms with E-state index in [-0.39, 0.29) is 0 Å². The van der Waals surface area contributed by atoms with Crippen molar-refractivity contribution < 1.29 is 24.2 Å². The zero-order chi connectivity index (χ0) is 14.6. The number of hydrogen-bond donors (Lipinski definition) is 3. The van der Waals surface area contributed by atoms with Crippen LogP contribution >= 0.6 is 0 Å². The molecule has 3 N–H and O–H groups in total. The monoisotopic (exact) mass is 260 g/mol. The van der Waals surface area contributed by atoms with E-state index in [4.69, 9.17) is 9.84 Å². The molecule has 18 heavy (non-hydrogen) atoms. The molecule has 0 saturated carbocycles. The fourth-order valence-corrected chi connectivity index (χ4v) is 0.992. The molecule has 0 atom stereocenters. The number of amides is 2. The van der Waals surface area contributed by atoms with Crippen LogP contribution in [0.1, 0.15) is 34.6 Å². The van der Waals surface area contributed by atoms with Gasteiger partial charge in [-0.2, -0.15) is 0 Å². The number of carboxylic acids is 1. The lowest BCUT2D eigenvalue weighted by Crippen LogP contribution is -2.56. The van der Waals surface area contributed by atoms with Crippen molar-refractivity contribution in [2.24, 2.45) is 0 Å². The molecule has 0 aliphatic carbocycles. The number of carbonyl (C=O) groups excluding carboxylic acids is 2. The summed E-state index contributed by atoms with van der Waals surface area (Å²) in [6.45, 7) is 7.50. The Morgan fingerprint density at radius 2 is 1.61 bits per heavy atom. The van der Waals surface area contributed by atoms with Crippen molar-refractivity contribution in [3.05, 3.63) is 0 Å². The molecule has 0 aliphatic rings. The molecular formula is C11H20N2O5. The van der Waals surface area contributed by atoms with E-state index in [9.17, 15) is 14.4 Å². The first kappa shape index (κ1) is 16.2. The van der Waals surface area contributed by atoms with E-state index in [0.717, 1.165) is 0 Å². The lowest BCUT2D eigenvalue weighted by Gasteiger charge is -2.27. The van der Waals surface area contributed by atoms with E-state index < -0.39 is 35.7 Å². The smallest absolute Gasteiger partial charge is 0.408 e. The van der Waals surface area contributed by atoms with Gasteiger partial charge in [0.2, 0.25) is 5.91 Å². The first-order valence-electron chi connectivity index (χ1n) is 5.45. The molecule has 0 bridgehead atoms. The van der Waals surface area contributed by atoms with E-state index in [1.165, 1.54) is 13.8 Å². The number of aliphatic carboxylic acids is 1. The van der Waals surface area contributed by atoms with Crippen LogP contribution in [0.25, 0.3) is 0 Å². The first-order valence-corrected chi connectivity index (χ1v) is 5.45. The highest BCUT2D eigenvalue weighted by Gasteiger charge is 2.31. The summed E-state index contributed by atoms with van der Waals surface area (Å²) < 4.78 is 5.00. The molecule has 0 rings (SSSR count). The number of carboxylic acid groups (broad SMARTS) is 1. The summed E-state index contributed by atoms with van der Waals surface area (Å²) in [5.41, 5.74) is -1.92. The van der Waals surface area contributed by atoms with Gasteiger partial charge in [-0.15, -0.1) is 0 Å².